The minimum atomic E-state index is -4.47. The predicted molar refractivity (Wildman–Crippen MR) is 133 cm³/mol. The summed E-state index contributed by atoms with van der Waals surface area (Å²) in [6, 6.07) is 11.1. The fourth-order valence-corrected chi connectivity index (χ4v) is 4.26. The second kappa shape index (κ2) is 11.6. The van der Waals surface area contributed by atoms with Gasteiger partial charge in [0.25, 0.3) is 5.91 Å². The average Bonchev–Trinajstić information content (AvgIpc) is 2.77. The third-order valence-corrected chi connectivity index (χ3v) is 6.29. The molecule has 3 aromatic rings. The highest BCUT2D eigenvalue weighted by atomic mass is 32.2. The molecule has 0 aliphatic rings. The molecule has 1 amide bonds. The number of carbonyl (C=O) groups is 2. The van der Waals surface area contributed by atoms with Gasteiger partial charge in [-0.25, -0.2) is 9.97 Å². The Kier molecular flexibility index (Phi) is 8.73. The molecule has 0 saturated heterocycles. The number of benzene rings is 2. The second-order valence-corrected chi connectivity index (χ2v) is 10.1. The Morgan fingerprint density at radius 1 is 1.03 bits per heavy atom. The van der Waals surface area contributed by atoms with Crippen LogP contribution in [0.3, 0.4) is 0 Å². The number of aliphatic carboxylic acids is 1. The van der Waals surface area contributed by atoms with E-state index in [0.717, 1.165) is 35.4 Å². The summed E-state index contributed by atoms with van der Waals surface area (Å²) in [5, 5.41) is 12.2. The summed E-state index contributed by atoms with van der Waals surface area (Å²) in [4.78, 5) is 32.6. The van der Waals surface area contributed by atoms with Gasteiger partial charge in [-0.15, -0.1) is 0 Å². The van der Waals surface area contributed by atoms with Crippen LogP contribution >= 0.6 is 11.8 Å². The van der Waals surface area contributed by atoms with Gasteiger partial charge < -0.3 is 10.4 Å². The number of carboxylic acids is 1. The van der Waals surface area contributed by atoms with Gasteiger partial charge in [-0.3, -0.25) is 9.59 Å². The van der Waals surface area contributed by atoms with E-state index in [9.17, 15) is 22.8 Å². The van der Waals surface area contributed by atoms with Crippen molar-refractivity contribution in [2.24, 2.45) is 0 Å². The largest absolute Gasteiger partial charge is 0.481 e. The number of thioether (sulfide) groups is 1. The van der Waals surface area contributed by atoms with Crippen LogP contribution in [0.1, 0.15) is 58.1 Å². The van der Waals surface area contributed by atoms with Crippen molar-refractivity contribution < 1.29 is 27.9 Å². The topological polar surface area (TPSA) is 92.2 Å². The van der Waals surface area contributed by atoms with Crippen molar-refractivity contribution in [3.8, 4) is 0 Å². The summed E-state index contributed by atoms with van der Waals surface area (Å²) in [7, 11) is 0. The molecule has 1 heterocycles. The molecule has 2 aromatic carbocycles. The van der Waals surface area contributed by atoms with Crippen LogP contribution in [0, 0.1) is 6.92 Å². The Bertz CT molecular complexity index is 1250. The lowest BCUT2D eigenvalue weighted by Crippen LogP contribution is -2.13. The molecular weight excluding hydrogens is 491 g/mol. The molecule has 0 spiro atoms. The van der Waals surface area contributed by atoms with Crippen LogP contribution in [-0.2, 0) is 29.6 Å². The van der Waals surface area contributed by atoms with Gasteiger partial charge in [0.15, 0.2) is 0 Å². The lowest BCUT2D eigenvalue weighted by molar-refractivity contribution is -0.138. The van der Waals surface area contributed by atoms with Gasteiger partial charge >= 0.3 is 12.1 Å². The van der Waals surface area contributed by atoms with Crippen molar-refractivity contribution in [2.45, 2.75) is 50.8 Å². The Hall–Kier alpha value is -3.40. The maximum Gasteiger partial charge on any atom is 0.416 e. The monoisotopic (exact) mass is 517 g/mol. The Labute approximate surface area is 211 Å². The number of alkyl halides is 3. The van der Waals surface area contributed by atoms with E-state index in [-0.39, 0.29) is 12.0 Å². The lowest BCUT2D eigenvalue weighted by atomic mass is 10.0. The molecule has 190 valence electrons. The Balaban J connectivity index is 1.83. The number of nitrogens with one attached hydrogen (secondary N) is 1. The first kappa shape index (κ1) is 27.2. The van der Waals surface area contributed by atoms with E-state index >= 15 is 0 Å². The minimum Gasteiger partial charge on any atom is -0.481 e. The summed E-state index contributed by atoms with van der Waals surface area (Å²) in [5.74, 6) is -0.325. The Morgan fingerprint density at radius 3 is 2.33 bits per heavy atom. The fourth-order valence-electron chi connectivity index (χ4n) is 3.48. The number of carboxylic acid groups (broad SMARTS) is 1. The van der Waals surface area contributed by atoms with E-state index in [4.69, 9.17) is 5.11 Å². The standard InChI is InChI=1S/C26H26F3N3O3S/c1-15(2)36-14-19-11-21(32-25(35)17-4-7-20(8-5-17)26(27,28)29)9-6-18(19)12-23-30-16(3)10-22(31-23)13-24(33)34/h4-11,15H,12-14H2,1-3H3,(H,32,35)(H,33,34). The van der Waals surface area contributed by atoms with Crippen LogP contribution in [0.5, 0.6) is 0 Å². The zero-order chi connectivity index (χ0) is 26.5. The van der Waals surface area contributed by atoms with Crippen LogP contribution in [-0.4, -0.2) is 32.2 Å². The van der Waals surface area contributed by atoms with Crippen molar-refractivity contribution >= 4 is 29.3 Å². The average molecular weight is 518 g/mol. The zero-order valence-electron chi connectivity index (χ0n) is 20.0. The molecule has 0 fully saturated rings. The number of aryl methyl sites for hydroxylation is 1. The first-order chi connectivity index (χ1) is 16.9. The van der Waals surface area contributed by atoms with Crippen molar-refractivity contribution in [1.82, 2.24) is 9.97 Å². The van der Waals surface area contributed by atoms with Crippen LogP contribution < -0.4 is 5.32 Å². The summed E-state index contributed by atoms with van der Waals surface area (Å²) in [5.41, 5.74) is 2.80. The van der Waals surface area contributed by atoms with Crippen LogP contribution in [0.2, 0.25) is 0 Å². The molecule has 0 saturated carbocycles. The van der Waals surface area contributed by atoms with Gasteiger partial charge in [-0.1, -0.05) is 19.9 Å². The highest BCUT2D eigenvalue weighted by molar-refractivity contribution is 7.99. The van der Waals surface area contributed by atoms with Gasteiger partial charge in [-0.05, 0) is 65.8 Å². The summed E-state index contributed by atoms with van der Waals surface area (Å²) in [6.45, 7) is 5.93. The number of carbonyl (C=O) groups excluding carboxylic acids is 1. The minimum absolute atomic E-state index is 0.115. The number of hydrogen-bond acceptors (Lipinski definition) is 5. The molecule has 0 aliphatic heterocycles. The van der Waals surface area contributed by atoms with Crippen molar-refractivity contribution in [3.63, 3.8) is 0 Å². The molecule has 0 bridgehead atoms. The molecule has 10 heteroatoms. The maximum atomic E-state index is 12.8. The molecule has 0 atom stereocenters. The van der Waals surface area contributed by atoms with E-state index in [1.165, 1.54) is 0 Å². The molecule has 2 N–H and O–H groups in total. The Morgan fingerprint density at radius 2 is 1.72 bits per heavy atom. The third-order valence-electron chi connectivity index (χ3n) is 5.15. The van der Waals surface area contributed by atoms with Crippen molar-refractivity contribution in [1.29, 1.82) is 0 Å². The smallest absolute Gasteiger partial charge is 0.416 e. The first-order valence-electron chi connectivity index (χ1n) is 11.2. The molecular formula is C26H26F3N3O3S. The molecule has 0 aliphatic carbocycles. The van der Waals surface area contributed by atoms with Crippen molar-refractivity contribution in [3.05, 3.63) is 88.0 Å². The van der Waals surface area contributed by atoms with Crippen LogP contribution in [0.4, 0.5) is 18.9 Å². The van der Waals surface area contributed by atoms with E-state index in [1.54, 1.807) is 30.8 Å². The van der Waals surface area contributed by atoms with Gasteiger partial charge in [0.05, 0.1) is 17.7 Å². The molecule has 3 rings (SSSR count). The maximum absolute atomic E-state index is 12.8. The number of hydrogen-bond donors (Lipinski definition) is 2. The molecule has 0 radical (unpaired) electrons. The van der Waals surface area contributed by atoms with Crippen LogP contribution in [0.15, 0.2) is 48.5 Å². The van der Waals surface area contributed by atoms with Gasteiger partial charge in [0.2, 0.25) is 0 Å². The van der Waals surface area contributed by atoms with Gasteiger partial charge in [0, 0.05) is 29.1 Å². The van der Waals surface area contributed by atoms with Crippen molar-refractivity contribution in [2.75, 3.05) is 5.32 Å². The molecule has 1 aromatic heterocycles. The number of aromatic nitrogens is 2. The number of rotatable bonds is 9. The highest BCUT2D eigenvalue weighted by Crippen LogP contribution is 2.29. The number of nitrogens with zero attached hydrogens (tertiary/aromatic N) is 2. The second-order valence-electron chi connectivity index (χ2n) is 8.54. The first-order valence-corrected chi connectivity index (χ1v) is 12.2. The number of halogens is 3. The lowest BCUT2D eigenvalue weighted by Gasteiger charge is -2.14. The quantitative estimate of drug-likeness (QED) is 0.366. The van der Waals surface area contributed by atoms with Crippen LogP contribution in [0.25, 0.3) is 0 Å². The fraction of sp³-hybridized carbons (Fsp3) is 0.308. The summed E-state index contributed by atoms with van der Waals surface area (Å²) < 4.78 is 38.4. The zero-order valence-corrected chi connectivity index (χ0v) is 20.8. The van der Waals surface area contributed by atoms with E-state index in [2.05, 4.69) is 29.1 Å². The van der Waals surface area contributed by atoms with Gasteiger partial charge in [0.1, 0.15) is 5.82 Å². The molecule has 0 unspecified atom stereocenters. The summed E-state index contributed by atoms with van der Waals surface area (Å²) in [6.07, 6.45) is -4.28. The molecule has 6 nitrogen and oxygen atoms in total. The summed E-state index contributed by atoms with van der Waals surface area (Å²) >= 11 is 1.71. The number of anilines is 1. The van der Waals surface area contributed by atoms with Gasteiger partial charge in [-0.2, -0.15) is 24.9 Å². The number of amides is 1. The third kappa shape index (κ3) is 7.81. The predicted octanol–water partition coefficient (Wildman–Crippen LogP) is 5.92. The molecule has 36 heavy (non-hydrogen) atoms. The normalized spacial score (nSPS) is 11.5. The highest BCUT2D eigenvalue weighted by Gasteiger charge is 2.30. The SMILES string of the molecule is Cc1cc(CC(=O)O)nc(Cc2ccc(NC(=O)c3ccc(C(F)(F)F)cc3)cc2CSC(C)C)n1. The van der Waals surface area contributed by atoms with E-state index < -0.39 is 23.6 Å². The van der Waals surface area contributed by atoms with E-state index in [1.807, 2.05) is 12.1 Å². The van der Waals surface area contributed by atoms with E-state index in [0.29, 0.717) is 40.3 Å².